The zero-order valence-electron chi connectivity index (χ0n) is 8.82. The van der Waals surface area contributed by atoms with Crippen molar-refractivity contribution in [3.8, 4) is 5.75 Å². The van der Waals surface area contributed by atoms with Crippen LogP contribution in [0, 0.1) is 12.8 Å². The predicted molar refractivity (Wildman–Crippen MR) is 57.3 cm³/mol. The maximum Gasteiger partial charge on any atom is 0.170 e. The van der Waals surface area contributed by atoms with Gasteiger partial charge in [0.15, 0.2) is 5.78 Å². The Morgan fingerprint density at radius 2 is 2.13 bits per heavy atom. The third-order valence-corrected chi connectivity index (χ3v) is 3.25. The second-order valence-electron chi connectivity index (χ2n) is 4.62. The zero-order valence-corrected chi connectivity index (χ0v) is 8.82. The largest absolute Gasteiger partial charge is 0.489 e. The Kier molecular flexibility index (Phi) is 1.84. The number of carbonyl (C=O) groups excluding carboxylic acids is 1. The van der Waals surface area contributed by atoms with Crippen molar-refractivity contribution in [1.82, 2.24) is 0 Å². The van der Waals surface area contributed by atoms with Gasteiger partial charge in [0.2, 0.25) is 0 Å². The SMILES string of the molecule is Cc1ccc2c(c1)C(=O)CC(C1CC1)O2. The first-order valence-electron chi connectivity index (χ1n) is 5.54. The number of aryl methyl sites for hydroxylation is 1. The van der Waals surface area contributed by atoms with Crippen LogP contribution in [-0.4, -0.2) is 11.9 Å². The lowest BCUT2D eigenvalue weighted by Crippen LogP contribution is -2.28. The van der Waals surface area contributed by atoms with E-state index in [2.05, 4.69) is 0 Å². The summed E-state index contributed by atoms with van der Waals surface area (Å²) in [6.45, 7) is 2.00. The lowest BCUT2D eigenvalue weighted by atomic mass is 9.97. The fourth-order valence-corrected chi connectivity index (χ4v) is 2.19. The van der Waals surface area contributed by atoms with Crippen molar-refractivity contribution in [2.24, 2.45) is 5.92 Å². The summed E-state index contributed by atoms with van der Waals surface area (Å²) >= 11 is 0. The van der Waals surface area contributed by atoms with Gasteiger partial charge in [0.25, 0.3) is 0 Å². The number of ketones is 1. The summed E-state index contributed by atoms with van der Waals surface area (Å²) in [6.07, 6.45) is 3.16. The van der Waals surface area contributed by atoms with Crippen LogP contribution in [0.3, 0.4) is 0 Å². The number of fused-ring (bicyclic) bond motifs is 1. The molecule has 1 aromatic carbocycles. The molecule has 3 rings (SSSR count). The normalized spacial score (nSPS) is 24.6. The molecule has 78 valence electrons. The Morgan fingerprint density at radius 3 is 2.87 bits per heavy atom. The molecule has 15 heavy (non-hydrogen) atoms. The Bertz CT molecular complexity index is 419. The van der Waals surface area contributed by atoms with Gasteiger partial charge in [-0.2, -0.15) is 0 Å². The van der Waals surface area contributed by atoms with Crippen LogP contribution in [-0.2, 0) is 0 Å². The summed E-state index contributed by atoms with van der Waals surface area (Å²) < 4.78 is 5.86. The predicted octanol–water partition coefficient (Wildman–Crippen LogP) is 2.74. The van der Waals surface area contributed by atoms with Crippen LogP contribution >= 0.6 is 0 Å². The molecule has 1 atom stereocenters. The molecule has 1 fully saturated rings. The standard InChI is InChI=1S/C13H14O2/c1-8-2-5-12-10(6-8)11(14)7-13(15-12)9-3-4-9/h2,5-6,9,13H,3-4,7H2,1H3. The molecular weight excluding hydrogens is 188 g/mol. The first-order chi connectivity index (χ1) is 7.24. The number of rotatable bonds is 1. The molecule has 0 spiro atoms. The van der Waals surface area contributed by atoms with Crippen LogP contribution in [0.15, 0.2) is 18.2 Å². The molecule has 0 aromatic heterocycles. The van der Waals surface area contributed by atoms with E-state index in [1.165, 1.54) is 12.8 Å². The number of hydrogen-bond acceptors (Lipinski definition) is 2. The number of benzene rings is 1. The van der Waals surface area contributed by atoms with E-state index in [1.54, 1.807) is 0 Å². The van der Waals surface area contributed by atoms with E-state index in [9.17, 15) is 4.79 Å². The fourth-order valence-electron chi connectivity index (χ4n) is 2.19. The van der Waals surface area contributed by atoms with Crippen molar-refractivity contribution in [3.05, 3.63) is 29.3 Å². The number of Topliss-reactive ketones (excluding diaryl/α,β-unsaturated/α-hetero) is 1. The third-order valence-electron chi connectivity index (χ3n) is 3.25. The van der Waals surface area contributed by atoms with E-state index in [4.69, 9.17) is 4.74 Å². The van der Waals surface area contributed by atoms with Gasteiger partial charge in [-0.1, -0.05) is 11.6 Å². The molecule has 1 aromatic rings. The molecule has 1 unspecified atom stereocenters. The van der Waals surface area contributed by atoms with Crippen molar-refractivity contribution >= 4 is 5.78 Å². The van der Waals surface area contributed by atoms with E-state index in [1.807, 2.05) is 25.1 Å². The van der Waals surface area contributed by atoms with Crippen molar-refractivity contribution in [1.29, 1.82) is 0 Å². The highest BCUT2D eigenvalue weighted by molar-refractivity contribution is 6.00. The van der Waals surface area contributed by atoms with Gasteiger partial charge in [0.05, 0.1) is 5.56 Å². The lowest BCUT2D eigenvalue weighted by Gasteiger charge is -2.25. The van der Waals surface area contributed by atoms with Gasteiger partial charge in [-0.05, 0) is 37.8 Å². The van der Waals surface area contributed by atoms with Crippen molar-refractivity contribution in [2.45, 2.75) is 32.3 Å². The Hall–Kier alpha value is -1.31. The molecule has 1 saturated carbocycles. The summed E-state index contributed by atoms with van der Waals surface area (Å²) in [7, 11) is 0. The maximum absolute atomic E-state index is 11.9. The van der Waals surface area contributed by atoms with Crippen molar-refractivity contribution in [3.63, 3.8) is 0 Å². The summed E-state index contributed by atoms with van der Waals surface area (Å²) in [5, 5.41) is 0. The van der Waals surface area contributed by atoms with Crippen LogP contribution < -0.4 is 4.74 Å². The van der Waals surface area contributed by atoms with Crippen LogP contribution in [0.2, 0.25) is 0 Å². The molecule has 2 nitrogen and oxygen atoms in total. The summed E-state index contributed by atoms with van der Waals surface area (Å²) in [5.74, 6) is 1.66. The molecule has 0 bridgehead atoms. The average Bonchev–Trinajstić information content (AvgIpc) is 3.02. The highest BCUT2D eigenvalue weighted by Crippen LogP contribution is 2.40. The lowest BCUT2D eigenvalue weighted by molar-refractivity contribution is 0.0819. The zero-order chi connectivity index (χ0) is 10.4. The number of hydrogen-bond donors (Lipinski definition) is 0. The van der Waals surface area contributed by atoms with E-state index >= 15 is 0 Å². The molecule has 1 aliphatic heterocycles. The van der Waals surface area contributed by atoms with Gasteiger partial charge in [0.1, 0.15) is 11.9 Å². The minimum Gasteiger partial charge on any atom is -0.489 e. The molecule has 2 heteroatoms. The van der Waals surface area contributed by atoms with Gasteiger partial charge in [-0.25, -0.2) is 0 Å². The van der Waals surface area contributed by atoms with Gasteiger partial charge in [-0.15, -0.1) is 0 Å². The average molecular weight is 202 g/mol. The summed E-state index contributed by atoms with van der Waals surface area (Å²) in [4.78, 5) is 11.9. The quantitative estimate of drug-likeness (QED) is 0.700. The van der Waals surface area contributed by atoms with Gasteiger partial charge in [-0.3, -0.25) is 4.79 Å². The number of ether oxygens (including phenoxy) is 1. The Morgan fingerprint density at radius 1 is 1.33 bits per heavy atom. The van der Waals surface area contributed by atoms with Gasteiger partial charge >= 0.3 is 0 Å². The minimum atomic E-state index is 0.146. The van der Waals surface area contributed by atoms with Gasteiger partial charge < -0.3 is 4.74 Å². The minimum absolute atomic E-state index is 0.146. The van der Waals surface area contributed by atoms with Crippen LogP contribution in [0.4, 0.5) is 0 Å². The first kappa shape index (κ1) is 8.96. The molecule has 0 amide bonds. The number of carbonyl (C=O) groups is 1. The Balaban J connectivity index is 1.96. The highest BCUT2D eigenvalue weighted by atomic mass is 16.5. The van der Waals surface area contributed by atoms with E-state index in [0.29, 0.717) is 12.3 Å². The topological polar surface area (TPSA) is 26.3 Å². The highest BCUT2D eigenvalue weighted by Gasteiger charge is 2.37. The van der Waals surface area contributed by atoms with Crippen LogP contribution in [0.1, 0.15) is 35.2 Å². The molecule has 2 aliphatic rings. The Labute approximate surface area is 89.2 Å². The van der Waals surface area contributed by atoms with Gasteiger partial charge in [0, 0.05) is 6.42 Å². The molecule has 0 saturated heterocycles. The maximum atomic E-state index is 11.9. The van der Waals surface area contributed by atoms with Crippen LogP contribution in [0.25, 0.3) is 0 Å². The van der Waals surface area contributed by atoms with E-state index in [0.717, 1.165) is 16.9 Å². The smallest absolute Gasteiger partial charge is 0.170 e. The molecule has 0 radical (unpaired) electrons. The fraction of sp³-hybridized carbons (Fsp3) is 0.462. The van der Waals surface area contributed by atoms with E-state index < -0.39 is 0 Å². The van der Waals surface area contributed by atoms with E-state index in [-0.39, 0.29) is 11.9 Å². The molecule has 1 aliphatic carbocycles. The summed E-state index contributed by atoms with van der Waals surface area (Å²) in [6, 6.07) is 5.86. The second kappa shape index (κ2) is 3.09. The molecule has 1 heterocycles. The molecular formula is C13H14O2. The summed E-state index contributed by atoms with van der Waals surface area (Å²) in [5.41, 5.74) is 1.89. The first-order valence-corrected chi connectivity index (χ1v) is 5.54. The second-order valence-corrected chi connectivity index (χ2v) is 4.62. The van der Waals surface area contributed by atoms with Crippen molar-refractivity contribution in [2.75, 3.05) is 0 Å². The van der Waals surface area contributed by atoms with Crippen molar-refractivity contribution < 1.29 is 9.53 Å². The monoisotopic (exact) mass is 202 g/mol. The molecule has 0 N–H and O–H groups in total. The third kappa shape index (κ3) is 1.54. The van der Waals surface area contributed by atoms with Crippen LogP contribution in [0.5, 0.6) is 5.75 Å².